The van der Waals surface area contributed by atoms with Crippen LogP contribution in [0.5, 0.6) is 0 Å². The molecule has 4 heterocycles. The molecule has 2 aromatic rings. The molecule has 1 fully saturated rings. The van der Waals surface area contributed by atoms with Crippen molar-refractivity contribution in [2.24, 2.45) is 0 Å². The Morgan fingerprint density at radius 3 is 2.71 bits per heavy atom. The maximum absolute atomic E-state index is 13.3. The first-order chi connectivity index (χ1) is 14.7. The summed E-state index contributed by atoms with van der Waals surface area (Å²) < 4.78 is 12.2. The molecule has 0 bridgehead atoms. The number of carbonyl (C=O) groups is 1. The van der Waals surface area contributed by atoms with Crippen LogP contribution in [0.1, 0.15) is 45.6 Å². The van der Waals surface area contributed by atoms with E-state index in [1.165, 1.54) is 4.52 Å². The summed E-state index contributed by atoms with van der Waals surface area (Å²) in [6, 6.07) is -0.0237. The number of hydrogen-bond acceptors (Lipinski definition) is 7. The fraction of sp³-hybridized carbons (Fsp3) is 0.619. The molecule has 0 spiro atoms. The highest BCUT2D eigenvalue weighted by Crippen LogP contribution is 2.25. The number of hydrogen-bond donors (Lipinski definition) is 1. The topological polar surface area (TPSA) is 105 Å². The van der Waals surface area contributed by atoms with Crippen LogP contribution in [0.3, 0.4) is 0 Å². The lowest BCUT2D eigenvalue weighted by atomic mass is 10.1. The standard InChI is InChI=1S/C21H30N6O4/c1-6-15-16(26-11-14(12-26)25(5)20(29)31-21(2,3)4)18(28)27-19(22-15)23-17(24-27)13-7-9-30-10-8-13/h7,14H,6,8-12H2,1-5H3,(H,22,23,24). The summed E-state index contributed by atoms with van der Waals surface area (Å²) in [5.74, 6) is 1.02. The molecule has 168 valence electrons. The van der Waals surface area contributed by atoms with E-state index in [4.69, 9.17) is 9.47 Å². The molecule has 31 heavy (non-hydrogen) atoms. The van der Waals surface area contributed by atoms with Gasteiger partial charge in [-0.3, -0.25) is 9.89 Å². The second-order valence-corrected chi connectivity index (χ2v) is 8.98. The number of H-pyrrole nitrogens is 1. The van der Waals surface area contributed by atoms with Crippen molar-refractivity contribution >= 4 is 23.1 Å². The Kier molecular flexibility index (Phi) is 5.50. The van der Waals surface area contributed by atoms with Crippen LogP contribution >= 0.6 is 0 Å². The van der Waals surface area contributed by atoms with Crippen LogP contribution in [0.15, 0.2) is 10.9 Å². The molecule has 2 aliphatic rings. The van der Waals surface area contributed by atoms with Gasteiger partial charge in [0, 0.05) is 20.1 Å². The van der Waals surface area contributed by atoms with E-state index in [2.05, 4.69) is 15.1 Å². The summed E-state index contributed by atoms with van der Waals surface area (Å²) in [6.07, 6.45) is 2.97. The van der Waals surface area contributed by atoms with Crippen molar-refractivity contribution in [1.29, 1.82) is 0 Å². The molecule has 1 saturated heterocycles. The van der Waals surface area contributed by atoms with Crippen LogP contribution in [-0.4, -0.2) is 75.6 Å². The third-order valence-electron chi connectivity index (χ3n) is 5.55. The summed E-state index contributed by atoms with van der Waals surface area (Å²) in [4.78, 5) is 38.4. The fourth-order valence-corrected chi connectivity index (χ4v) is 3.77. The lowest BCUT2D eigenvalue weighted by Gasteiger charge is -2.45. The normalized spacial score (nSPS) is 17.5. The maximum atomic E-state index is 13.3. The smallest absolute Gasteiger partial charge is 0.410 e. The SMILES string of the molecule is CCc1nc2nc(C3=CCOCC3)[nH]n2c(=O)c1N1CC(N(C)C(=O)OC(C)(C)C)C1. The van der Waals surface area contributed by atoms with Crippen molar-refractivity contribution in [3.05, 3.63) is 27.9 Å². The number of nitrogens with one attached hydrogen (secondary N) is 1. The molecule has 10 nitrogen and oxygen atoms in total. The van der Waals surface area contributed by atoms with Gasteiger partial charge in [-0.1, -0.05) is 13.0 Å². The van der Waals surface area contributed by atoms with Gasteiger partial charge < -0.3 is 19.3 Å². The third-order valence-corrected chi connectivity index (χ3v) is 5.55. The number of aromatic amines is 1. The van der Waals surface area contributed by atoms with Crippen molar-refractivity contribution in [1.82, 2.24) is 24.5 Å². The molecule has 10 heteroatoms. The van der Waals surface area contributed by atoms with Crippen molar-refractivity contribution in [3.8, 4) is 0 Å². The molecule has 0 saturated carbocycles. The first-order valence-electron chi connectivity index (χ1n) is 10.7. The highest BCUT2D eigenvalue weighted by atomic mass is 16.6. The molecular weight excluding hydrogens is 400 g/mol. The van der Waals surface area contributed by atoms with E-state index in [9.17, 15) is 9.59 Å². The molecular formula is C21H30N6O4. The van der Waals surface area contributed by atoms with Crippen LogP contribution in [-0.2, 0) is 15.9 Å². The highest BCUT2D eigenvalue weighted by Gasteiger charge is 2.37. The molecule has 0 atom stereocenters. The van der Waals surface area contributed by atoms with Crippen LogP contribution in [0.4, 0.5) is 10.5 Å². The average Bonchev–Trinajstić information content (AvgIpc) is 3.12. The Morgan fingerprint density at radius 1 is 1.35 bits per heavy atom. The lowest BCUT2D eigenvalue weighted by molar-refractivity contribution is 0.0197. The van der Waals surface area contributed by atoms with Gasteiger partial charge >= 0.3 is 6.09 Å². The van der Waals surface area contributed by atoms with Gasteiger partial charge in [0.25, 0.3) is 11.3 Å². The van der Waals surface area contributed by atoms with Gasteiger partial charge in [0.1, 0.15) is 11.3 Å². The molecule has 0 radical (unpaired) electrons. The van der Waals surface area contributed by atoms with Crippen LogP contribution in [0, 0.1) is 0 Å². The van der Waals surface area contributed by atoms with E-state index in [1.807, 2.05) is 38.7 Å². The highest BCUT2D eigenvalue weighted by molar-refractivity contribution is 5.69. The number of nitrogens with zero attached hydrogens (tertiary/aromatic N) is 5. The summed E-state index contributed by atoms with van der Waals surface area (Å²) in [5, 5.41) is 3.10. The van der Waals surface area contributed by atoms with Crippen LogP contribution in [0.2, 0.25) is 0 Å². The molecule has 0 aromatic carbocycles. The maximum Gasteiger partial charge on any atom is 0.410 e. The van der Waals surface area contributed by atoms with E-state index in [1.54, 1.807) is 11.9 Å². The van der Waals surface area contributed by atoms with Gasteiger partial charge in [-0.15, -0.1) is 0 Å². The Balaban J connectivity index is 1.57. The predicted octanol–water partition coefficient (Wildman–Crippen LogP) is 1.84. The largest absolute Gasteiger partial charge is 0.444 e. The molecule has 2 aromatic heterocycles. The minimum Gasteiger partial charge on any atom is -0.444 e. The van der Waals surface area contributed by atoms with Gasteiger partial charge in [0.05, 0.1) is 24.9 Å². The Labute approximate surface area is 180 Å². The van der Waals surface area contributed by atoms with Crippen molar-refractivity contribution < 1.29 is 14.3 Å². The minimum absolute atomic E-state index is 0.0237. The van der Waals surface area contributed by atoms with Crippen LogP contribution in [0.25, 0.3) is 11.4 Å². The van der Waals surface area contributed by atoms with Gasteiger partial charge in [-0.05, 0) is 39.2 Å². The van der Waals surface area contributed by atoms with Gasteiger partial charge in [-0.2, -0.15) is 9.50 Å². The molecule has 1 amide bonds. The summed E-state index contributed by atoms with van der Waals surface area (Å²) in [5.41, 5.74) is 1.58. The van der Waals surface area contributed by atoms with E-state index in [-0.39, 0.29) is 17.7 Å². The first kappa shape index (κ1) is 21.4. The Hall–Kier alpha value is -2.88. The fourth-order valence-electron chi connectivity index (χ4n) is 3.77. The van der Waals surface area contributed by atoms with Crippen molar-refractivity contribution in [2.75, 3.05) is 38.3 Å². The number of anilines is 1. The molecule has 4 rings (SSSR count). The molecule has 0 aliphatic carbocycles. The summed E-state index contributed by atoms with van der Waals surface area (Å²) in [7, 11) is 1.73. The zero-order valence-corrected chi connectivity index (χ0v) is 18.8. The number of rotatable bonds is 4. The van der Waals surface area contributed by atoms with Crippen molar-refractivity contribution in [3.63, 3.8) is 0 Å². The monoisotopic (exact) mass is 430 g/mol. The van der Waals surface area contributed by atoms with Crippen molar-refractivity contribution in [2.45, 2.75) is 52.2 Å². The Morgan fingerprint density at radius 2 is 2.10 bits per heavy atom. The van der Waals surface area contributed by atoms with Gasteiger partial charge in [0.15, 0.2) is 5.82 Å². The second kappa shape index (κ2) is 7.99. The lowest BCUT2D eigenvalue weighted by Crippen LogP contribution is -2.61. The minimum atomic E-state index is -0.545. The second-order valence-electron chi connectivity index (χ2n) is 8.98. The predicted molar refractivity (Wildman–Crippen MR) is 116 cm³/mol. The number of fused-ring (bicyclic) bond motifs is 1. The average molecular weight is 431 g/mol. The van der Waals surface area contributed by atoms with E-state index in [0.29, 0.717) is 55.7 Å². The number of carbonyl (C=O) groups excluding carboxylic acids is 1. The Bertz CT molecular complexity index is 1070. The molecule has 2 aliphatic heterocycles. The molecule has 0 unspecified atom stereocenters. The third kappa shape index (κ3) is 4.16. The van der Waals surface area contributed by atoms with Gasteiger partial charge in [-0.25, -0.2) is 9.78 Å². The first-order valence-corrected chi connectivity index (χ1v) is 10.7. The number of ether oxygens (including phenoxy) is 2. The molecule has 1 N–H and O–H groups in total. The van der Waals surface area contributed by atoms with Gasteiger partial charge in [0.2, 0.25) is 0 Å². The summed E-state index contributed by atoms with van der Waals surface area (Å²) in [6.45, 7) is 9.78. The number of aryl methyl sites for hydroxylation is 1. The zero-order valence-electron chi connectivity index (χ0n) is 18.8. The van der Waals surface area contributed by atoms with Crippen LogP contribution < -0.4 is 10.5 Å². The van der Waals surface area contributed by atoms with E-state index in [0.717, 1.165) is 12.0 Å². The number of aromatic nitrogens is 4. The quantitative estimate of drug-likeness (QED) is 0.789. The summed E-state index contributed by atoms with van der Waals surface area (Å²) >= 11 is 0. The van der Waals surface area contributed by atoms with E-state index >= 15 is 0 Å². The number of amides is 1. The number of likely N-dealkylation sites (N-methyl/N-ethyl adjacent to an activating group) is 1. The zero-order chi connectivity index (χ0) is 22.3. The van der Waals surface area contributed by atoms with E-state index < -0.39 is 5.60 Å².